The number of piperidine rings is 1. The minimum atomic E-state index is -0.681. The van der Waals surface area contributed by atoms with Gasteiger partial charge in [0.25, 0.3) is 0 Å². The number of carbonyl (C=O) groups is 2. The Morgan fingerprint density at radius 2 is 2.03 bits per heavy atom. The molecule has 1 saturated heterocycles. The van der Waals surface area contributed by atoms with Gasteiger partial charge in [0, 0.05) is 6.54 Å². The second kappa shape index (κ2) is 7.91. The summed E-state index contributed by atoms with van der Waals surface area (Å²) in [7, 11) is 0. The highest BCUT2D eigenvalue weighted by atomic mass is 32.1. The normalized spacial score (nSPS) is 19.1. The smallest absolute Gasteiger partial charge is 0.313 e. The number of nitrogens with one attached hydrogen (secondary N) is 1. The van der Waals surface area contributed by atoms with E-state index in [0.29, 0.717) is 29.1 Å². The molecule has 0 spiro atoms. The topological polar surface area (TPSA) is 127 Å². The van der Waals surface area contributed by atoms with Crippen molar-refractivity contribution in [1.29, 1.82) is 0 Å². The van der Waals surface area contributed by atoms with Crippen LogP contribution in [0.1, 0.15) is 36.9 Å². The van der Waals surface area contributed by atoms with E-state index >= 15 is 0 Å². The van der Waals surface area contributed by atoms with E-state index in [1.807, 2.05) is 18.2 Å². The van der Waals surface area contributed by atoms with Gasteiger partial charge in [-0.05, 0) is 55.0 Å². The number of pyridine rings is 1. The summed E-state index contributed by atoms with van der Waals surface area (Å²) in [6, 6.07) is 7.45. The maximum Gasteiger partial charge on any atom is 0.313 e. The second-order valence-electron chi connectivity index (χ2n) is 7.82. The monoisotopic (exact) mass is 424 g/mol. The van der Waals surface area contributed by atoms with Gasteiger partial charge in [-0.3, -0.25) is 9.59 Å². The van der Waals surface area contributed by atoms with Crippen LogP contribution in [0.15, 0.2) is 30.5 Å². The molecule has 1 aliphatic heterocycles. The number of hydrogen-bond donors (Lipinski definition) is 3. The number of amides is 2. The highest BCUT2D eigenvalue weighted by molar-refractivity contribution is 7.22. The third kappa shape index (κ3) is 3.93. The predicted molar refractivity (Wildman–Crippen MR) is 119 cm³/mol. The third-order valence-electron chi connectivity index (χ3n) is 5.46. The molecule has 2 amide bonds. The zero-order valence-corrected chi connectivity index (χ0v) is 17.7. The van der Waals surface area contributed by atoms with Gasteiger partial charge in [-0.25, -0.2) is 9.97 Å². The van der Waals surface area contributed by atoms with Gasteiger partial charge in [0.15, 0.2) is 5.13 Å². The molecule has 4 rings (SSSR count). The summed E-state index contributed by atoms with van der Waals surface area (Å²) in [5.41, 5.74) is 14.5. The Hall–Kier alpha value is -3.20. The fraction of sp³-hybridized carbons (Fsp3) is 0.333. The van der Waals surface area contributed by atoms with Crippen LogP contribution in [-0.2, 0) is 9.59 Å². The summed E-state index contributed by atoms with van der Waals surface area (Å²) in [6.45, 7) is 4.41. The number of anilines is 3. The van der Waals surface area contributed by atoms with E-state index in [4.69, 9.17) is 11.5 Å². The van der Waals surface area contributed by atoms with Gasteiger partial charge in [0.05, 0.1) is 28.1 Å². The van der Waals surface area contributed by atoms with Crippen molar-refractivity contribution in [3.05, 3.63) is 41.6 Å². The van der Waals surface area contributed by atoms with E-state index in [1.165, 1.54) is 17.5 Å². The van der Waals surface area contributed by atoms with Crippen LogP contribution >= 0.6 is 11.3 Å². The number of aryl methyl sites for hydroxylation is 1. The molecule has 1 aromatic carbocycles. The fourth-order valence-corrected chi connectivity index (χ4v) is 4.58. The van der Waals surface area contributed by atoms with E-state index in [2.05, 4.69) is 22.2 Å². The highest BCUT2D eigenvalue weighted by Gasteiger charge is 2.34. The summed E-state index contributed by atoms with van der Waals surface area (Å²) in [5, 5.41) is 3.16. The number of hydrogen-bond acceptors (Lipinski definition) is 7. The molecule has 2 aromatic heterocycles. The molecule has 1 fully saturated rings. The van der Waals surface area contributed by atoms with E-state index in [9.17, 15) is 9.59 Å². The van der Waals surface area contributed by atoms with Crippen molar-refractivity contribution in [3.63, 3.8) is 0 Å². The van der Waals surface area contributed by atoms with Crippen LogP contribution in [-0.4, -0.2) is 33.2 Å². The van der Waals surface area contributed by atoms with Crippen LogP contribution in [0.4, 0.5) is 16.6 Å². The van der Waals surface area contributed by atoms with Gasteiger partial charge in [-0.15, -0.1) is 0 Å². The fourth-order valence-electron chi connectivity index (χ4n) is 3.86. The van der Waals surface area contributed by atoms with E-state index in [1.54, 1.807) is 17.9 Å². The minimum Gasteiger partial charge on any atom is -0.383 e. The summed E-state index contributed by atoms with van der Waals surface area (Å²) >= 11 is 1.43. The molecule has 0 aliphatic carbocycles. The molecule has 0 unspecified atom stereocenters. The number of likely N-dealkylation sites (tertiary alicyclic amines) is 1. The molecular formula is C21H24N6O2S. The molecule has 30 heavy (non-hydrogen) atoms. The molecular weight excluding hydrogens is 400 g/mol. The Kier molecular flexibility index (Phi) is 5.29. The number of thiazole rings is 1. The molecule has 156 valence electrons. The number of benzene rings is 1. The van der Waals surface area contributed by atoms with Crippen molar-refractivity contribution in [2.24, 2.45) is 5.92 Å². The SMILES string of the molecule is Cc1cc(NC(=O)C(=O)N2C[C@H](C)CC[C@H]2c2ccc3sc(N)nc3c2)cnc1N. The largest absolute Gasteiger partial charge is 0.383 e. The van der Waals surface area contributed by atoms with Crippen molar-refractivity contribution >= 4 is 50.0 Å². The van der Waals surface area contributed by atoms with E-state index in [-0.39, 0.29) is 6.04 Å². The van der Waals surface area contributed by atoms with Gasteiger partial charge in [0.2, 0.25) is 0 Å². The molecule has 3 heterocycles. The summed E-state index contributed by atoms with van der Waals surface area (Å²) in [6.07, 6.45) is 3.21. The van der Waals surface area contributed by atoms with Gasteiger partial charge in [0.1, 0.15) is 5.82 Å². The maximum absolute atomic E-state index is 13.1. The van der Waals surface area contributed by atoms with Gasteiger partial charge < -0.3 is 21.7 Å². The van der Waals surface area contributed by atoms with Crippen molar-refractivity contribution in [2.75, 3.05) is 23.3 Å². The number of nitrogens with zero attached hydrogens (tertiary/aromatic N) is 3. The average molecular weight is 425 g/mol. The molecule has 0 saturated carbocycles. The number of nitrogens with two attached hydrogens (primary N) is 2. The van der Waals surface area contributed by atoms with Crippen LogP contribution in [0.5, 0.6) is 0 Å². The van der Waals surface area contributed by atoms with E-state index in [0.717, 1.165) is 34.2 Å². The molecule has 8 nitrogen and oxygen atoms in total. The molecule has 5 N–H and O–H groups in total. The Balaban J connectivity index is 1.58. The van der Waals surface area contributed by atoms with Gasteiger partial charge in [-0.2, -0.15) is 0 Å². The number of nitrogen functional groups attached to an aromatic ring is 2. The molecule has 3 aromatic rings. The first-order valence-electron chi connectivity index (χ1n) is 9.82. The summed E-state index contributed by atoms with van der Waals surface area (Å²) in [5.74, 6) is -0.530. The van der Waals surface area contributed by atoms with Gasteiger partial charge in [-0.1, -0.05) is 24.3 Å². The molecule has 0 bridgehead atoms. The number of carbonyl (C=O) groups excluding carboxylic acids is 2. The standard InChI is InChI=1S/C21H24N6O2S/c1-11-3-5-16(13-4-6-17-15(8-13)26-21(23)30-17)27(10-11)20(29)19(28)25-14-7-12(2)18(22)24-9-14/h4,6-9,11,16H,3,5,10H2,1-2H3,(H2,22,24)(H2,23,26)(H,25,28)/t11-,16+/m1/s1. The zero-order valence-electron chi connectivity index (χ0n) is 16.9. The first kappa shape index (κ1) is 20.1. The maximum atomic E-state index is 13.1. The molecule has 1 aliphatic rings. The van der Waals surface area contributed by atoms with Crippen molar-refractivity contribution in [2.45, 2.75) is 32.7 Å². The number of fused-ring (bicyclic) bond motifs is 1. The second-order valence-corrected chi connectivity index (χ2v) is 8.88. The number of rotatable bonds is 2. The van der Waals surface area contributed by atoms with Crippen LogP contribution < -0.4 is 16.8 Å². The summed E-state index contributed by atoms with van der Waals surface area (Å²) in [4.78, 5) is 35.9. The minimum absolute atomic E-state index is 0.182. The third-order valence-corrected chi connectivity index (χ3v) is 6.33. The predicted octanol–water partition coefficient (Wildman–Crippen LogP) is 3.10. The van der Waals surface area contributed by atoms with Crippen molar-refractivity contribution < 1.29 is 9.59 Å². The van der Waals surface area contributed by atoms with Crippen molar-refractivity contribution in [1.82, 2.24) is 14.9 Å². The quantitative estimate of drug-likeness (QED) is 0.543. The Morgan fingerprint density at radius 3 is 2.80 bits per heavy atom. The van der Waals surface area contributed by atoms with Crippen LogP contribution in [0.3, 0.4) is 0 Å². The lowest BCUT2D eigenvalue weighted by Crippen LogP contribution is -2.46. The van der Waals surface area contributed by atoms with Crippen molar-refractivity contribution in [3.8, 4) is 0 Å². The van der Waals surface area contributed by atoms with Gasteiger partial charge >= 0.3 is 11.8 Å². The number of aromatic nitrogens is 2. The first-order chi connectivity index (χ1) is 14.3. The Labute approximate surface area is 178 Å². The average Bonchev–Trinajstić information content (AvgIpc) is 3.09. The molecule has 9 heteroatoms. The van der Waals surface area contributed by atoms with E-state index < -0.39 is 11.8 Å². The lowest BCUT2D eigenvalue weighted by Gasteiger charge is -2.38. The summed E-state index contributed by atoms with van der Waals surface area (Å²) < 4.78 is 1.00. The Morgan fingerprint density at radius 1 is 1.23 bits per heavy atom. The van der Waals surface area contributed by atoms with Crippen LogP contribution in [0.25, 0.3) is 10.2 Å². The van der Waals surface area contributed by atoms with Crippen LogP contribution in [0, 0.1) is 12.8 Å². The molecule has 0 radical (unpaired) electrons. The lowest BCUT2D eigenvalue weighted by atomic mass is 9.89. The first-order valence-corrected chi connectivity index (χ1v) is 10.6. The van der Waals surface area contributed by atoms with Crippen LogP contribution in [0.2, 0.25) is 0 Å². The lowest BCUT2D eigenvalue weighted by molar-refractivity contribution is -0.146. The highest BCUT2D eigenvalue weighted by Crippen LogP contribution is 2.35. The Bertz CT molecular complexity index is 1130. The molecule has 2 atom stereocenters. The zero-order chi connectivity index (χ0) is 21.4.